The van der Waals surface area contributed by atoms with Crippen LogP contribution in [0.1, 0.15) is 33.2 Å². The van der Waals surface area contributed by atoms with E-state index in [4.69, 9.17) is 5.26 Å². The molecule has 1 N–H and O–H groups in total. The Balaban J connectivity index is 1.47. The zero-order valence-corrected chi connectivity index (χ0v) is 14.6. The van der Waals surface area contributed by atoms with E-state index in [9.17, 15) is 9.59 Å². The van der Waals surface area contributed by atoms with Crippen molar-refractivity contribution in [3.63, 3.8) is 0 Å². The molecule has 9 heteroatoms. The van der Waals surface area contributed by atoms with Crippen molar-refractivity contribution < 1.29 is 9.59 Å². The maximum absolute atomic E-state index is 12.3. The molecule has 0 atom stereocenters. The summed E-state index contributed by atoms with van der Waals surface area (Å²) in [5.74, 6) is -0.0550. The van der Waals surface area contributed by atoms with Gasteiger partial charge >= 0.3 is 0 Å². The highest BCUT2D eigenvalue weighted by molar-refractivity contribution is 7.13. The number of rotatable bonds is 4. The first-order chi connectivity index (χ1) is 12.0. The maximum atomic E-state index is 12.3. The van der Waals surface area contributed by atoms with E-state index < -0.39 is 0 Å². The average Bonchev–Trinajstić information content (AvgIpc) is 3.24. The van der Waals surface area contributed by atoms with Gasteiger partial charge in [-0.05, 0) is 31.9 Å². The van der Waals surface area contributed by atoms with Gasteiger partial charge in [0.2, 0.25) is 5.91 Å². The fourth-order valence-electron chi connectivity index (χ4n) is 2.75. The number of carbonyl (C=O) groups is 2. The second kappa shape index (κ2) is 7.44. The van der Waals surface area contributed by atoms with Gasteiger partial charge in [-0.1, -0.05) is 0 Å². The van der Waals surface area contributed by atoms with Gasteiger partial charge in [0, 0.05) is 24.0 Å². The molecule has 2 aromatic heterocycles. The Kier molecular flexibility index (Phi) is 5.09. The summed E-state index contributed by atoms with van der Waals surface area (Å²) in [4.78, 5) is 31.8. The summed E-state index contributed by atoms with van der Waals surface area (Å²) in [7, 11) is 0. The molecule has 1 aliphatic rings. The van der Waals surface area contributed by atoms with Crippen molar-refractivity contribution in [1.29, 1.82) is 5.26 Å². The fourth-order valence-corrected chi connectivity index (χ4v) is 3.52. The summed E-state index contributed by atoms with van der Waals surface area (Å²) in [5.41, 5.74) is 0. The number of likely N-dealkylation sites (tertiary alicyclic amines) is 1. The van der Waals surface area contributed by atoms with Crippen LogP contribution in [0, 0.1) is 18.3 Å². The van der Waals surface area contributed by atoms with Crippen LogP contribution in [0.3, 0.4) is 0 Å². The number of nitrogens with zero attached hydrogens (tertiary/aromatic N) is 5. The van der Waals surface area contributed by atoms with Gasteiger partial charge in [-0.15, -0.1) is 16.4 Å². The fraction of sp³-hybridized carbons (Fsp3) is 0.438. The molecular formula is C16H18N6O2S. The van der Waals surface area contributed by atoms with Crippen molar-refractivity contribution in [3.05, 3.63) is 34.0 Å². The standard InChI is InChI=1S/C16H18N6O2S/c1-11-2-3-13(25-11)16(24)19-12-4-6-21(7-5-12)15(23)9-22-10-18-14(8-17)20-22/h2-3,10,12H,4-7,9H2,1H3,(H,19,24). The van der Waals surface area contributed by atoms with E-state index in [1.54, 1.807) is 4.90 Å². The quantitative estimate of drug-likeness (QED) is 0.876. The Hall–Kier alpha value is -2.73. The Bertz CT molecular complexity index is 813. The number of aromatic nitrogens is 3. The number of nitriles is 1. The molecule has 0 bridgehead atoms. The van der Waals surface area contributed by atoms with Gasteiger partial charge in [-0.3, -0.25) is 9.59 Å². The van der Waals surface area contributed by atoms with Crippen LogP contribution in [-0.2, 0) is 11.3 Å². The molecule has 25 heavy (non-hydrogen) atoms. The minimum absolute atomic E-state index is 0.0467. The molecule has 1 aliphatic heterocycles. The molecule has 1 saturated heterocycles. The summed E-state index contributed by atoms with van der Waals surface area (Å²) >= 11 is 1.48. The van der Waals surface area contributed by atoms with Crippen LogP contribution >= 0.6 is 11.3 Å². The van der Waals surface area contributed by atoms with Crippen LogP contribution in [-0.4, -0.2) is 50.6 Å². The summed E-state index contributed by atoms with van der Waals surface area (Å²) in [5, 5.41) is 15.6. The molecule has 2 amide bonds. The molecule has 0 aromatic carbocycles. The second-order valence-corrected chi connectivity index (χ2v) is 7.20. The molecule has 0 spiro atoms. The van der Waals surface area contributed by atoms with Gasteiger partial charge in [0.15, 0.2) is 0 Å². The number of amides is 2. The van der Waals surface area contributed by atoms with E-state index in [1.165, 1.54) is 22.3 Å². The van der Waals surface area contributed by atoms with Crippen LogP contribution in [0.2, 0.25) is 0 Å². The van der Waals surface area contributed by atoms with Crippen molar-refractivity contribution in [3.8, 4) is 6.07 Å². The molecule has 3 heterocycles. The van der Waals surface area contributed by atoms with Gasteiger partial charge in [0.05, 0.1) is 4.88 Å². The minimum atomic E-state index is -0.0620. The molecule has 130 valence electrons. The molecule has 3 rings (SSSR count). The molecule has 0 saturated carbocycles. The molecular weight excluding hydrogens is 340 g/mol. The van der Waals surface area contributed by atoms with E-state index in [1.807, 2.05) is 25.1 Å². The second-order valence-electron chi connectivity index (χ2n) is 5.92. The number of piperidine rings is 1. The third-order valence-electron chi connectivity index (χ3n) is 4.08. The Labute approximate surface area is 149 Å². The summed E-state index contributed by atoms with van der Waals surface area (Å²) in [6.45, 7) is 3.22. The highest BCUT2D eigenvalue weighted by Crippen LogP contribution is 2.17. The van der Waals surface area contributed by atoms with E-state index in [0.29, 0.717) is 13.1 Å². The average molecular weight is 358 g/mol. The zero-order chi connectivity index (χ0) is 17.8. The first-order valence-electron chi connectivity index (χ1n) is 8.00. The van der Waals surface area contributed by atoms with Crippen LogP contribution < -0.4 is 5.32 Å². The maximum Gasteiger partial charge on any atom is 0.261 e. The third kappa shape index (κ3) is 4.22. The topological polar surface area (TPSA) is 104 Å². The predicted octanol–water partition coefficient (Wildman–Crippen LogP) is 0.941. The van der Waals surface area contributed by atoms with Crippen molar-refractivity contribution >= 4 is 23.2 Å². The lowest BCUT2D eigenvalue weighted by Gasteiger charge is -2.32. The summed E-state index contributed by atoms with van der Waals surface area (Å²) in [6, 6.07) is 5.68. The highest BCUT2D eigenvalue weighted by atomic mass is 32.1. The van der Waals surface area contributed by atoms with E-state index in [2.05, 4.69) is 15.4 Å². The lowest BCUT2D eigenvalue weighted by molar-refractivity contribution is -0.133. The first-order valence-corrected chi connectivity index (χ1v) is 8.81. The van der Waals surface area contributed by atoms with Crippen molar-refractivity contribution in [2.45, 2.75) is 32.4 Å². The van der Waals surface area contributed by atoms with E-state index in [0.717, 1.165) is 22.6 Å². The van der Waals surface area contributed by atoms with Crippen molar-refractivity contribution in [2.75, 3.05) is 13.1 Å². The number of aryl methyl sites for hydroxylation is 1. The molecule has 1 fully saturated rings. The van der Waals surface area contributed by atoms with Crippen LogP contribution in [0.25, 0.3) is 0 Å². The number of carbonyl (C=O) groups excluding carboxylic acids is 2. The highest BCUT2D eigenvalue weighted by Gasteiger charge is 2.24. The van der Waals surface area contributed by atoms with Crippen LogP contribution in [0.4, 0.5) is 0 Å². The molecule has 0 radical (unpaired) electrons. The largest absolute Gasteiger partial charge is 0.348 e. The number of hydrogen-bond acceptors (Lipinski definition) is 6. The lowest BCUT2D eigenvalue weighted by Crippen LogP contribution is -2.47. The van der Waals surface area contributed by atoms with Crippen molar-refractivity contribution in [1.82, 2.24) is 25.0 Å². The van der Waals surface area contributed by atoms with E-state index >= 15 is 0 Å². The summed E-state index contributed by atoms with van der Waals surface area (Å²) in [6.07, 6.45) is 2.83. The lowest BCUT2D eigenvalue weighted by atomic mass is 10.0. The Morgan fingerprint density at radius 1 is 1.40 bits per heavy atom. The third-order valence-corrected chi connectivity index (χ3v) is 5.08. The van der Waals surface area contributed by atoms with Gasteiger partial charge in [-0.25, -0.2) is 9.67 Å². The Morgan fingerprint density at radius 3 is 2.76 bits per heavy atom. The smallest absolute Gasteiger partial charge is 0.261 e. The number of nitrogens with one attached hydrogen (secondary N) is 1. The van der Waals surface area contributed by atoms with Gasteiger partial charge in [0.1, 0.15) is 18.9 Å². The molecule has 2 aromatic rings. The van der Waals surface area contributed by atoms with Gasteiger partial charge in [0.25, 0.3) is 11.7 Å². The van der Waals surface area contributed by atoms with Crippen LogP contribution in [0.15, 0.2) is 18.5 Å². The normalized spacial score (nSPS) is 15.0. The zero-order valence-electron chi connectivity index (χ0n) is 13.8. The van der Waals surface area contributed by atoms with Crippen LogP contribution in [0.5, 0.6) is 0 Å². The molecule has 8 nitrogen and oxygen atoms in total. The SMILES string of the molecule is Cc1ccc(C(=O)NC2CCN(C(=O)Cn3cnc(C#N)n3)CC2)s1. The van der Waals surface area contributed by atoms with Crippen molar-refractivity contribution in [2.24, 2.45) is 0 Å². The monoisotopic (exact) mass is 358 g/mol. The molecule has 0 unspecified atom stereocenters. The molecule has 0 aliphatic carbocycles. The van der Waals surface area contributed by atoms with E-state index in [-0.39, 0.29) is 30.2 Å². The predicted molar refractivity (Wildman–Crippen MR) is 90.9 cm³/mol. The minimum Gasteiger partial charge on any atom is -0.348 e. The van der Waals surface area contributed by atoms with Gasteiger partial charge < -0.3 is 10.2 Å². The summed E-state index contributed by atoms with van der Waals surface area (Å²) < 4.78 is 1.37. The number of thiophene rings is 1. The first kappa shape index (κ1) is 17.1. The van der Waals surface area contributed by atoms with Gasteiger partial charge in [-0.2, -0.15) is 5.26 Å². The number of hydrogen-bond donors (Lipinski definition) is 1. The Morgan fingerprint density at radius 2 is 2.16 bits per heavy atom.